The molecule has 0 amide bonds. The Morgan fingerprint density at radius 1 is 0.950 bits per heavy atom. The fourth-order valence-electron chi connectivity index (χ4n) is 2.39. The van der Waals surface area contributed by atoms with Gasteiger partial charge in [-0.3, -0.25) is 0 Å². The smallest absolute Gasteiger partial charge is 0.00367 e. The van der Waals surface area contributed by atoms with Gasteiger partial charge < -0.3 is 5.73 Å². The molecule has 2 aromatic carbocycles. The summed E-state index contributed by atoms with van der Waals surface area (Å²) in [6.07, 6.45) is 2.09. The summed E-state index contributed by atoms with van der Waals surface area (Å²) in [6.45, 7) is 7.53. The van der Waals surface area contributed by atoms with Gasteiger partial charge in [-0.05, 0) is 47.1 Å². The van der Waals surface area contributed by atoms with Crippen LogP contribution in [-0.2, 0) is 11.8 Å². The number of nitrogens with two attached hydrogens (primary N) is 1. The van der Waals surface area contributed by atoms with Crippen LogP contribution in [0.2, 0.25) is 0 Å². The maximum Gasteiger partial charge on any atom is -0.00367 e. The molecule has 0 aromatic heterocycles. The van der Waals surface area contributed by atoms with Gasteiger partial charge in [0.15, 0.2) is 0 Å². The quantitative estimate of drug-likeness (QED) is 0.845. The van der Waals surface area contributed by atoms with E-state index in [0.29, 0.717) is 6.54 Å². The van der Waals surface area contributed by atoms with Crippen LogP contribution in [-0.4, -0.2) is 6.54 Å². The van der Waals surface area contributed by atoms with Crippen LogP contribution in [0.4, 0.5) is 0 Å². The van der Waals surface area contributed by atoms with Gasteiger partial charge in [0.05, 0.1) is 0 Å². The van der Waals surface area contributed by atoms with Crippen LogP contribution in [0.15, 0.2) is 48.5 Å². The molecule has 0 unspecified atom stereocenters. The van der Waals surface area contributed by atoms with Crippen LogP contribution in [0.5, 0.6) is 0 Å². The molecule has 0 radical (unpaired) electrons. The fourth-order valence-corrected chi connectivity index (χ4v) is 2.39. The van der Waals surface area contributed by atoms with Gasteiger partial charge in [-0.25, -0.2) is 0 Å². The van der Waals surface area contributed by atoms with Crippen molar-refractivity contribution in [2.75, 3.05) is 6.54 Å². The molecular formula is C19H25N. The first-order valence-corrected chi connectivity index (χ1v) is 7.47. The van der Waals surface area contributed by atoms with Crippen molar-refractivity contribution < 1.29 is 0 Å². The number of rotatable bonds is 5. The molecule has 2 N–H and O–H groups in total. The molecule has 0 bridgehead atoms. The maximum absolute atomic E-state index is 5.63. The number of benzene rings is 2. The van der Waals surface area contributed by atoms with Crippen molar-refractivity contribution in [1.82, 2.24) is 0 Å². The van der Waals surface area contributed by atoms with Crippen molar-refractivity contribution in [3.8, 4) is 11.1 Å². The Balaban J connectivity index is 2.28. The lowest BCUT2D eigenvalue weighted by molar-refractivity contribution is 0.506. The van der Waals surface area contributed by atoms with Crippen molar-refractivity contribution in [3.63, 3.8) is 0 Å². The molecule has 2 rings (SSSR count). The molecule has 0 heterocycles. The molecule has 106 valence electrons. The van der Waals surface area contributed by atoms with Gasteiger partial charge in [0.1, 0.15) is 0 Å². The standard InChI is InChI=1S/C19H25N/c1-4-19(2,3)18-10-8-16(9-11-18)17-7-5-6-15(14-17)12-13-20/h5-11,14H,4,12-13,20H2,1-3H3. The van der Waals surface area contributed by atoms with Crippen LogP contribution in [0, 0.1) is 0 Å². The molecule has 1 heteroatoms. The van der Waals surface area contributed by atoms with E-state index in [1.165, 1.54) is 22.3 Å². The molecular weight excluding hydrogens is 242 g/mol. The highest BCUT2D eigenvalue weighted by Gasteiger charge is 2.17. The Morgan fingerprint density at radius 3 is 2.25 bits per heavy atom. The first kappa shape index (κ1) is 14.8. The Labute approximate surface area is 122 Å². The summed E-state index contributed by atoms with van der Waals surface area (Å²) in [5, 5.41) is 0. The summed E-state index contributed by atoms with van der Waals surface area (Å²) in [6, 6.07) is 17.6. The largest absolute Gasteiger partial charge is 0.330 e. The van der Waals surface area contributed by atoms with Crippen molar-refractivity contribution in [1.29, 1.82) is 0 Å². The van der Waals surface area contributed by atoms with Crippen molar-refractivity contribution >= 4 is 0 Å². The lowest BCUT2D eigenvalue weighted by Gasteiger charge is -2.23. The van der Waals surface area contributed by atoms with E-state index in [2.05, 4.69) is 69.3 Å². The van der Waals surface area contributed by atoms with E-state index < -0.39 is 0 Å². The zero-order chi connectivity index (χ0) is 14.6. The Hall–Kier alpha value is -1.60. The second-order valence-corrected chi connectivity index (χ2v) is 6.05. The first-order valence-electron chi connectivity index (χ1n) is 7.47. The van der Waals surface area contributed by atoms with Gasteiger partial charge in [-0.2, -0.15) is 0 Å². The van der Waals surface area contributed by atoms with Gasteiger partial charge in [-0.15, -0.1) is 0 Å². The second-order valence-electron chi connectivity index (χ2n) is 6.05. The summed E-state index contributed by atoms with van der Waals surface area (Å²) in [5.74, 6) is 0. The lowest BCUT2D eigenvalue weighted by Crippen LogP contribution is -2.14. The normalized spacial score (nSPS) is 11.6. The number of hydrogen-bond acceptors (Lipinski definition) is 1. The van der Waals surface area contributed by atoms with Gasteiger partial charge in [0.2, 0.25) is 0 Å². The van der Waals surface area contributed by atoms with E-state index in [9.17, 15) is 0 Å². The average molecular weight is 267 g/mol. The molecule has 2 aromatic rings. The Bertz CT molecular complexity index is 552. The van der Waals surface area contributed by atoms with E-state index in [0.717, 1.165) is 12.8 Å². The fraction of sp³-hybridized carbons (Fsp3) is 0.368. The van der Waals surface area contributed by atoms with Gasteiger partial charge in [0, 0.05) is 0 Å². The summed E-state index contributed by atoms with van der Waals surface area (Å²) >= 11 is 0. The van der Waals surface area contributed by atoms with Crippen molar-refractivity contribution in [2.24, 2.45) is 5.73 Å². The Morgan fingerprint density at radius 2 is 1.65 bits per heavy atom. The average Bonchev–Trinajstić information content (AvgIpc) is 2.48. The number of hydrogen-bond donors (Lipinski definition) is 1. The second kappa shape index (κ2) is 6.23. The summed E-state index contributed by atoms with van der Waals surface area (Å²) < 4.78 is 0. The Kier molecular flexibility index (Phi) is 4.61. The van der Waals surface area contributed by atoms with Crippen LogP contribution < -0.4 is 5.73 Å². The van der Waals surface area contributed by atoms with Crippen molar-refractivity contribution in [2.45, 2.75) is 39.0 Å². The topological polar surface area (TPSA) is 26.0 Å². The van der Waals surface area contributed by atoms with Gasteiger partial charge in [-0.1, -0.05) is 69.3 Å². The first-order chi connectivity index (χ1) is 9.56. The molecule has 0 spiro atoms. The minimum atomic E-state index is 0.250. The highest BCUT2D eigenvalue weighted by atomic mass is 14.5. The molecule has 0 saturated heterocycles. The van der Waals surface area contributed by atoms with Crippen LogP contribution in [0.1, 0.15) is 38.3 Å². The third kappa shape index (κ3) is 3.29. The van der Waals surface area contributed by atoms with E-state index in [1.54, 1.807) is 0 Å². The summed E-state index contributed by atoms with van der Waals surface area (Å²) in [5.41, 5.74) is 11.1. The van der Waals surface area contributed by atoms with Crippen LogP contribution in [0.25, 0.3) is 11.1 Å². The van der Waals surface area contributed by atoms with Crippen LogP contribution in [0.3, 0.4) is 0 Å². The highest BCUT2D eigenvalue weighted by Crippen LogP contribution is 2.29. The van der Waals surface area contributed by atoms with Crippen molar-refractivity contribution in [3.05, 3.63) is 59.7 Å². The maximum atomic E-state index is 5.63. The van der Waals surface area contributed by atoms with Gasteiger partial charge >= 0.3 is 0 Å². The van der Waals surface area contributed by atoms with E-state index >= 15 is 0 Å². The third-order valence-corrected chi connectivity index (χ3v) is 4.24. The van der Waals surface area contributed by atoms with E-state index in [4.69, 9.17) is 5.73 Å². The van der Waals surface area contributed by atoms with Gasteiger partial charge in [0.25, 0.3) is 0 Å². The minimum absolute atomic E-state index is 0.250. The molecule has 0 aliphatic carbocycles. The molecule has 20 heavy (non-hydrogen) atoms. The molecule has 0 atom stereocenters. The third-order valence-electron chi connectivity index (χ3n) is 4.24. The predicted molar refractivity (Wildman–Crippen MR) is 88.0 cm³/mol. The van der Waals surface area contributed by atoms with Crippen LogP contribution >= 0.6 is 0 Å². The SMILES string of the molecule is CCC(C)(C)c1ccc(-c2cccc(CCN)c2)cc1. The molecule has 1 nitrogen and oxygen atoms in total. The zero-order valence-electron chi connectivity index (χ0n) is 12.8. The monoisotopic (exact) mass is 267 g/mol. The van der Waals surface area contributed by atoms with E-state index in [-0.39, 0.29) is 5.41 Å². The molecule has 0 aliphatic rings. The van der Waals surface area contributed by atoms with E-state index in [1.807, 2.05) is 0 Å². The summed E-state index contributed by atoms with van der Waals surface area (Å²) in [4.78, 5) is 0. The molecule has 0 saturated carbocycles. The predicted octanol–water partition coefficient (Wildman–Crippen LogP) is 4.54. The molecule has 0 aliphatic heterocycles. The highest BCUT2D eigenvalue weighted by molar-refractivity contribution is 5.64. The molecule has 0 fully saturated rings. The lowest BCUT2D eigenvalue weighted by atomic mass is 9.82. The zero-order valence-corrected chi connectivity index (χ0v) is 12.8. The summed E-state index contributed by atoms with van der Waals surface area (Å²) in [7, 11) is 0. The minimum Gasteiger partial charge on any atom is -0.330 e.